The van der Waals surface area contributed by atoms with Gasteiger partial charge in [-0.05, 0) is 62.4 Å². The Bertz CT molecular complexity index is 1070. The number of hydrogen-bond donors (Lipinski definition) is 2. The zero-order valence-electron chi connectivity index (χ0n) is 18.3. The van der Waals surface area contributed by atoms with Crippen molar-refractivity contribution in [2.45, 2.75) is 18.7 Å². The Morgan fingerprint density at radius 1 is 1.10 bits per heavy atom. The van der Waals surface area contributed by atoms with Crippen molar-refractivity contribution in [3.8, 4) is 11.5 Å². The second-order valence-corrected chi connectivity index (χ2v) is 8.25. The maximum atomic E-state index is 11.9. The number of methoxy groups -OCH3 is 1. The predicted octanol–water partition coefficient (Wildman–Crippen LogP) is 5.32. The van der Waals surface area contributed by atoms with E-state index in [1.165, 1.54) is 26.3 Å². The Kier molecular flexibility index (Phi) is 9.79. The molecule has 0 amide bonds. The van der Waals surface area contributed by atoms with E-state index in [1.807, 2.05) is 6.92 Å². The van der Waals surface area contributed by atoms with Gasteiger partial charge >= 0.3 is 0 Å². The van der Waals surface area contributed by atoms with Crippen LogP contribution in [0.5, 0.6) is 11.5 Å². The van der Waals surface area contributed by atoms with E-state index in [1.54, 1.807) is 49.4 Å². The van der Waals surface area contributed by atoms with Gasteiger partial charge in [-0.1, -0.05) is 37.4 Å². The Hall–Kier alpha value is -3.29. The average molecular weight is 444 g/mol. The van der Waals surface area contributed by atoms with Crippen LogP contribution in [0.2, 0.25) is 0 Å². The number of benzene rings is 2. The standard InChI is InChI=1S/C21H23NO5S.C3H6/c1-14(2)27-20-11-6-16(13-21(20)26-5)12-19(15(3)23)17-7-9-18(10-8-17)28(24,25)22-4;1-3-2/h6-13,22-23H,1,3H2,2,4-5H3;3H,1H2,2H3/b19-12-;. The lowest BCUT2D eigenvalue weighted by Gasteiger charge is -2.12. The van der Waals surface area contributed by atoms with E-state index in [4.69, 9.17) is 9.47 Å². The van der Waals surface area contributed by atoms with Crippen LogP contribution in [0.4, 0.5) is 0 Å². The third kappa shape index (κ3) is 7.47. The molecule has 2 aromatic rings. The van der Waals surface area contributed by atoms with Crippen molar-refractivity contribution in [3.05, 3.63) is 90.9 Å². The molecule has 2 aromatic carbocycles. The third-order valence-corrected chi connectivity index (χ3v) is 5.27. The lowest BCUT2D eigenvalue weighted by Crippen LogP contribution is -2.18. The fraction of sp³-hybridized carbons (Fsp3) is 0.167. The molecule has 0 heterocycles. The van der Waals surface area contributed by atoms with Gasteiger partial charge in [0.25, 0.3) is 0 Å². The number of nitrogens with one attached hydrogen (secondary N) is 1. The summed E-state index contributed by atoms with van der Waals surface area (Å²) < 4.78 is 36.8. The summed E-state index contributed by atoms with van der Waals surface area (Å²) in [6, 6.07) is 11.4. The summed E-state index contributed by atoms with van der Waals surface area (Å²) in [7, 11) is -0.661. The number of hydrogen-bond acceptors (Lipinski definition) is 5. The molecule has 0 radical (unpaired) electrons. The smallest absolute Gasteiger partial charge is 0.240 e. The molecule has 0 fully saturated rings. The molecule has 166 valence electrons. The fourth-order valence-corrected chi connectivity index (χ4v) is 3.21. The van der Waals surface area contributed by atoms with Crippen LogP contribution in [0.3, 0.4) is 0 Å². The van der Waals surface area contributed by atoms with Crippen molar-refractivity contribution in [2.24, 2.45) is 0 Å². The first kappa shape index (κ1) is 25.7. The second-order valence-electron chi connectivity index (χ2n) is 6.36. The van der Waals surface area contributed by atoms with Gasteiger partial charge in [0, 0.05) is 5.57 Å². The second kappa shape index (κ2) is 11.8. The van der Waals surface area contributed by atoms with Gasteiger partial charge in [-0.15, -0.1) is 6.58 Å². The number of aliphatic hydroxyl groups excluding tert-OH is 1. The van der Waals surface area contributed by atoms with Crippen LogP contribution in [-0.4, -0.2) is 27.7 Å². The monoisotopic (exact) mass is 443 g/mol. The van der Waals surface area contributed by atoms with Gasteiger partial charge in [-0.2, -0.15) is 0 Å². The van der Waals surface area contributed by atoms with Gasteiger partial charge in [0.15, 0.2) is 11.5 Å². The molecule has 2 N–H and O–H groups in total. The first-order valence-electron chi connectivity index (χ1n) is 9.32. The van der Waals surface area contributed by atoms with Crippen LogP contribution in [-0.2, 0) is 10.0 Å². The molecule has 0 atom stereocenters. The van der Waals surface area contributed by atoms with E-state index in [0.29, 0.717) is 28.4 Å². The third-order valence-electron chi connectivity index (χ3n) is 3.84. The van der Waals surface area contributed by atoms with Crippen LogP contribution >= 0.6 is 0 Å². The summed E-state index contributed by atoms with van der Waals surface area (Å²) in [6.07, 6.45) is 3.47. The summed E-state index contributed by atoms with van der Waals surface area (Å²) in [5.74, 6) is 1.42. The Balaban J connectivity index is 0.00000151. The van der Waals surface area contributed by atoms with Gasteiger partial charge in [0.2, 0.25) is 10.0 Å². The zero-order chi connectivity index (χ0) is 23.6. The molecule has 0 aliphatic rings. The molecule has 0 saturated heterocycles. The molecule has 0 spiro atoms. The van der Waals surface area contributed by atoms with E-state index in [-0.39, 0.29) is 10.7 Å². The molecular weight excluding hydrogens is 414 g/mol. The number of rotatable bonds is 8. The molecule has 7 heteroatoms. The van der Waals surface area contributed by atoms with Crippen molar-refractivity contribution in [3.63, 3.8) is 0 Å². The SMILES string of the molecule is C=C(C)Oc1ccc(/C=C(/C(=C)O)c2ccc(S(=O)(=O)NC)cc2)cc1OC.C=CC. The van der Waals surface area contributed by atoms with Gasteiger partial charge < -0.3 is 14.6 Å². The summed E-state index contributed by atoms with van der Waals surface area (Å²) in [5.41, 5.74) is 1.80. The van der Waals surface area contributed by atoms with Crippen molar-refractivity contribution in [2.75, 3.05) is 14.2 Å². The largest absolute Gasteiger partial charge is 0.508 e. The lowest BCUT2D eigenvalue weighted by molar-refractivity contribution is 0.362. The normalized spacial score (nSPS) is 11.0. The topological polar surface area (TPSA) is 84.9 Å². The van der Waals surface area contributed by atoms with Crippen molar-refractivity contribution in [1.82, 2.24) is 4.72 Å². The lowest BCUT2D eigenvalue weighted by atomic mass is 10.0. The Morgan fingerprint density at radius 3 is 2.13 bits per heavy atom. The van der Waals surface area contributed by atoms with E-state index in [9.17, 15) is 13.5 Å². The Morgan fingerprint density at radius 2 is 1.68 bits per heavy atom. The molecular formula is C24H29NO5S. The van der Waals surface area contributed by atoms with Crippen molar-refractivity contribution in [1.29, 1.82) is 0 Å². The van der Waals surface area contributed by atoms with Gasteiger partial charge in [-0.3, -0.25) is 0 Å². The number of sulfonamides is 1. The van der Waals surface area contributed by atoms with E-state index >= 15 is 0 Å². The minimum Gasteiger partial charge on any atom is -0.508 e. The summed E-state index contributed by atoms with van der Waals surface area (Å²) in [6.45, 7) is 14.3. The number of aliphatic hydroxyl groups is 1. The highest BCUT2D eigenvalue weighted by Gasteiger charge is 2.13. The number of ether oxygens (including phenoxy) is 2. The summed E-state index contributed by atoms with van der Waals surface area (Å²) in [5, 5.41) is 10.0. The highest BCUT2D eigenvalue weighted by atomic mass is 32.2. The molecule has 0 aliphatic carbocycles. The fourth-order valence-electron chi connectivity index (χ4n) is 2.48. The molecule has 0 unspecified atom stereocenters. The summed E-state index contributed by atoms with van der Waals surface area (Å²) >= 11 is 0. The van der Waals surface area contributed by atoms with Gasteiger partial charge in [0.1, 0.15) is 5.76 Å². The molecule has 31 heavy (non-hydrogen) atoms. The maximum absolute atomic E-state index is 11.9. The first-order valence-corrected chi connectivity index (χ1v) is 10.8. The molecule has 0 aliphatic heterocycles. The highest BCUT2D eigenvalue weighted by molar-refractivity contribution is 7.89. The van der Waals surface area contributed by atoms with Gasteiger partial charge in [0.05, 0.1) is 17.8 Å². The van der Waals surface area contributed by atoms with Crippen LogP contribution < -0.4 is 14.2 Å². The van der Waals surface area contributed by atoms with E-state index in [2.05, 4.69) is 24.5 Å². The average Bonchev–Trinajstić information content (AvgIpc) is 2.73. The highest BCUT2D eigenvalue weighted by Crippen LogP contribution is 2.32. The van der Waals surface area contributed by atoms with Crippen LogP contribution in [0.1, 0.15) is 25.0 Å². The number of allylic oxidation sites excluding steroid dienone is 3. The minimum atomic E-state index is -3.54. The van der Waals surface area contributed by atoms with Gasteiger partial charge in [-0.25, -0.2) is 13.1 Å². The molecule has 6 nitrogen and oxygen atoms in total. The van der Waals surface area contributed by atoms with Crippen LogP contribution in [0, 0.1) is 0 Å². The molecule has 0 bridgehead atoms. The Labute approximate surface area is 184 Å². The first-order chi connectivity index (χ1) is 14.6. The van der Waals surface area contributed by atoms with Crippen LogP contribution in [0.15, 0.2) is 84.7 Å². The van der Waals surface area contributed by atoms with Crippen molar-refractivity contribution < 1.29 is 23.0 Å². The van der Waals surface area contributed by atoms with E-state index in [0.717, 1.165) is 5.56 Å². The predicted molar refractivity (Wildman–Crippen MR) is 127 cm³/mol. The maximum Gasteiger partial charge on any atom is 0.240 e. The van der Waals surface area contributed by atoms with E-state index < -0.39 is 10.0 Å². The molecule has 2 rings (SSSR count). The molecule has 0 saturated carbocycles. The van der Waals surface area contributed by atoms with Crippen molar-refractivity contribution >= 4 is 21.7 Å². The quantitative estimate of drug-likeness (QED) is 0.250. The summed E-state index contributed by atoms with van der Waals surface area (Å²) in [4.78, 5) is 0.129. The van der Waals surface area contributed by atoms with Crippen LogP contribution in [0.25, 0.3) is 11.6 Å². The minimum absolute atomic E-state index is 0.129. The zero-order valence-corrected chi connectivity index (χ0v) is 19.1. The molecule has 0 aromatic heterocycles.